The van der Waals surface area contributed by atoms with E-state index in [1.807, 2.05) is 0 Å². The standard InChI is InChI=1S/C12H14F4N2O2/c13-6-5-7-9(10(6)19)11(12(14,15)16)17-18(7)8-3-1-2-4-20-8/h6,8,10,19H,1-5H2/t6-,8?,10+/m0/s1. The molecule has 4 nitrogen and oxygen atoms in total. The van der Waals surface area contributed by atoms with Crippen molar-refractivity contribution in [3.05, 3.63) is 17.0 Å². The molecular formula is C12H14F4N2O2. The van der Waals surface area contributed by atoms with Crippen molar-refractivity contribution in [3.63, 3.8) is 0 Å². The Hall–Kier alpha value is -1.15. The van der Waals surface area contributed by atoms with Gasteiger partial charge in [0.1, 0.15) is 18.5 Å². The summed E-state index contributed by atoms with van der Waals surface area (Å²) in [5.74, 6) is 0. The summed E-state index contributed by atoms with van der Waals surface area (Å²) >= 11 is 0. The van der Waals surface area contributed by atoms with Crippen molar-refractivity contribution in [3.8, 4) is 0 Å². The van der Waals surface area contributed by atoms with Crippen molar-refractivity contribution in [1.82, 2.24) is 9.78 Å². The average Bonchev–Trinajstić information content (AvgIpc) is 2.89. The molecule has 2 aliphatic rings. The molecule has 1 aromatic rings. The average molecular weight is 294 g/mol. The summed E-state index contributed by atoms with van der Waals surface area (Å²) in [4.78, 5) is 0. The number of aliphatic hydroxyl groups is 1. The van der Waals surface area contributed by atoms with Gasteiger partial charge >= 0.3 is 6.18 Å². The van der Waals surface area contributed by atoms with E-state index in [1.54, 1.807) is 0 Å². The molecule has 112 valence electrons. The Labute approximate surface area is 112 Å². The molecule has 1 unspecified atom stereocenters. The van der Waals surface area contributed by atoms with E-state index in [-0.39, 0.29) is 12.1 Å². The molecule has 0 bridgehead atoms. The van der Waals surface area contributed by atoms with Crippen molar-refractivity contribution in [1.29, 1.82) is 0 Å². The van der Waals surface area contributed by atoms with Crippen LogP contribution in [0, 0.1) is 0 Å². The third-order valence-electron chi connectivity index (χ3n) is 3.77. The first kappa shape index (κ1) is 13.8. The molecule has 3 atom stereocenters. The molecule has 0 aromatic carbocycles. The number of aliphatic hydroxyl groups excluding tert-OH is 1. The Morgan fingerprint density at radius 1 is 1.30 bits per heavy atom. The third-order valence-corrected chi connectivity index (χ3v) is 3.77. The first-order chi connectivity index (χ1) is 9.39. The third kappa shape index (κ3) is 2.10. The summed E-state index contributed by atoms with van der Waals surface area (Å²) < 4.78 is 59.0. The van der Waals surface area contributed by atoms with Gasteiger partial charge in [-0.15, -0.1) is 0 Å². The normalized spacial score (nSPS) is 30.6. The molecule has 1 aliphatic carbocycles. The van der Waals surface area contributed by atoms with Crippen molar-refractivity contribution < 1.29 is 27.4 Å². The van der Waals surface area contributed by atoms with Crippen molar-refractivity contribution in [2.45, 2.75) is 50.4 Å². The van der Waals surface area contributed by atoms with Gasteiger partial charge in [-0.1, -0.05) is 0 Å². The van der Waals surface area contributed by atoms with E-state index in [9.17, 15) is 22.7 Å². The van der Waals surface area contributed by atoms with Crippen LogP contribution < -0.4 is 0 Å². The first-order valence-corrected chi connectivity index (χ1v) is 6.52. The lowest BCUT2D eigenvalue weighted by molar-refractivity contribution is -0.144. The minimum absolute atomic E-state index is 0.101. The van der Waals surface area contributed by atoms with Crippen LogP contribution in [0.25, 0.3) is 0 Å². The van der Waals surface area contributed by atoms with E-state index in [1.165, 1.54) is 0 Å². The minimum Gasteiger partial charge on any atom is -0.385 e. The fourth-order valence-corrected chi connectivity index (χ4v) is 2.84. The van der Waals surface area contributed by atoms with Gasteiger partial charge in [0.25, 0.3) is 0 Å². The number of ether oxygens (including phenoxy) is 1. The molecule has 8 heteroatoms. The van der Waals surface area contributed by atoms with Crippen LogP contribution in [0.4, 0.5) is 17.6 Å². The predicted molar refractivity (Wildman–Crippen MR) is 59.6 cm³/mol. The van der Waals surface area contributed by atoms with Crippen LogP contribution in [-0.2, 0) is 17.3 Å². The van der Waals surface area contributed by atoms with Gasteiger partial charge in [-0.25, -0.2) is 9.07 Å². The molecule has 20 heavy (non-hydrogen) atoms. The molecular weight excluding hydrogens is 280 g/mol. The fourth-order valence-electron chi connectivity index (χ4n) is 2.84. The molecule has 1 aromatic heterocycles. The summed E-state index contributed by atoms with van der Waals surface area (Å²) in [5, 5.41) is 13.2. The highest BCUT2D eigenvalue weighted by molar-refractivity contribution is 5.37. The molecule has 0 spiro atoms. The van der Waals surface area contributed by atoms with Gasteiger partial charge in [-0.2, -0.15) is 18.3 Å². The van der Waals surface area contributed by atoms with E-state index < -0.39 is 35.9 Å². The van der Waals surface area contributed by atoms with E-state index in [0.717, 1.165) is 17.5 Å². The molecule has 1 aliphatic heterocycles. The lowest BCUT2D eigenvalue weighted by Crippen LogP contribution is -2.22. The van der Waals surface area contributed by atoms with Crippen LogP contribution in [0.1, 0.15) is 48.5 Å². The van der Waals surface area contributed by atoms with E-state index in [0.29, 0.717) is 13.0 Å². The zero-order valence-electron chi connectivity index (χ0n) is 10.5. The Balaban J connectivity index is 2.06. The second-order valence-corrected chi connectivity index (χ2v) is 5.14. The summed E-state index contributed by atoms with van der Waals surface area (Å²) in [6, 6.07) is 0. The van der Waals surface area contributed by atoms with Crippen LogP contribution >= 0.6 is 0 Å². The number of nitrogens with zero attached hydrogens (tertiary/aromatic N) is 2. The predicted octanol–water partition coefficient (Wildman–Crippen LogP) is 2.53. The molecule has 1 fully saturated rings. The van der Waals surface area contributed by atoms with Crippen LogP contribution in [0.2, 0.25) is 0 Å². The van der Waals surface area contributed by atoms with Crippen LogP contribution in [0.15, 0.2) is 0 Å². The Bertz CT molecular complexity index is 508. The van der Waals surface area contributed by atoms with Gasteiger partial charge in [0.05, 0.1) is 5.69 Å². The first-order valence-electron chi connectivity index (χ1n) is 6.52. The molecule has 1 saturated heterocycles. The number of fused-ring (bicyclic) bond motifs is 1. The monoisotopic (exact) mass is 294 g/mol. The molecule has 0 radical (unpaired) electrons. The van der Waals surface area contributed by atoms with Gasteiger partial charge in [-0.05, 0) is 19.3 Å². The highest BCUT2D eigenvalue weighted by Crippen LogP contribution is 2.43. The second-order valence-electron chi connectivity index (χ2n) is 5.14. The topological polar surface area (TPSA) is 47.3 Å². The highest BCUT2D eigenvalue weighted by Gasteiger charge is 2.47. The fraction of sp³-hybridized carbons (Fsp3) is 0.750. The maximum Gasteiger partial charge on any atom is 0.435 e. The van der Waals surface area contributed by atoms with E-state index in [2.05, 4.69) is 5.10 Å². The molecule has 3 rings (SSSR count). The lowest BCUT2D eigenvalue weighted by atomic mass is 10.1. The summed E-state index contributed by atoms with van der Waals surface area (Å²) in [7, 11) is 0. The van der Waals surface area contributed by atoms with E-state index in [4.69, 9.17) is 4.74 Å². The summed E-state index contributed by atoms with van der Waals surface area (Å²) in [6.45, 7) is 0.447. The maximum atomic E-state index is 13.6. The number of hydrogen-bond acceptors (Lipinski definition) is 3. The van der Waals surface area contributed by atoms with Crippen LogP contribution in [0.5, 0.6) is 0 Å². The number of alkyl halides is 4. The van der Waals surface area contributed by atoms with Crippen LogP contribution in [-0.4, -0.2) is 27.7 Å². The van der Waals surface area contributed by atoms with Crippen LogP contribution in [0.3, 0.4) is 0 Å². The molecule has 0 saturated carbocycles. The number of aromatic nitrogens is 2. The van der Waals surface area contributed by atoms with Gasteiger partial charge in [0.15, 0.2) is 5.69 Å². The Morgan fingerprint density at radius 2 is 2.05 bits per heavy atom. The number of hydrogen-bond donors (Lipinski definition) is 1. The van der Waals surface area contributed by atoms with Gasteiger partial charge in [-0.3, -0.25) is 0 Å². The Morgan fingerprint density at radius 3 is 2.65 bits per heavy atom. The van der Waals surface area contributed by atoms with Gasteiger partial charge in [0, 0.05) is 18.6 Å². The van der Waals surface area contributed by atoms with Gasteiger partial charge in [0.2, 0.25) is 0 Å². The largest absolute Gasteiger partial charge is 0.435 e. The SMILES string of the molecule is O[C@H]1c2c(C(F)(F)F)nn(C3CCCCO3)c2C[C@@H]1F. The molecule has 1 N–H and O–H groups in total. The summed E-state index contributed by atoms with van der Waals surface area (Å²) in [6.07, 6.45) is -6.86. The van der Waals surface area contributed by atoms with Crippen molar-refractivity contribution in [2.24, 2.45) is 0 Å². The second kappa shape index (κ2) is 4.70. The molecule has 2 heterocycles. The van der Waals surface area contributed by atoms with Crippen molar-refractivity contribution >= 4 is 0 Å². The highest BCUT2D eigenvalue weighted by atomic mass is 19.4. The minimum atomic E-state index is -4.71. The van der Waals surface area contributed by atoms with Crippen molar-refractivity contribution in [2.75, 3.05) is 6.61 Å². The maximum absolute atomic E-state index is 13.6. The number of rotatable bonds is 1. The smallest absolute Gasteiger partial charge is 0.385 e. The Kier molecular flexibility index (Phi) is 3.24. The summed E-state index contributed by atoms with van der Waals surface area (Å²) in [5.41, 5.74) is -1.53. The zero-order valence-corrected chi connectivity index (χ0v) is 10.5. The lowest BCUT2D eigenvalue weighted by Gasteiger charge is -2.24. The quantitative estimate of drug-likeness (QED) is 0.810. The number of halogens is 4. The zero-order chi connectivity index (χ0) is 14.5. The molecule has 0 amide bonds. The van der Waals surface area contributed by atoms with E-state index >= 15 is 0 Å². The van der Waals surface area contributed by atoms with Gasteiger partial charge < -0.3 is 9.84 Å².